The highest BCUT2D eigenvalue weighted by Gasteiger charge is 2.23. The SMILES string of the molecule is c1ccc(-c2cc(-c3ccc4oc5ccc6ccccc6c5c4c3)c(-c3ccccc3)c(-c3nc(-c4ccccc4)nc(-c4cccc5oc6ccccc6c45)n3)c2)cc1. The number of para-hydroxylation sites is 1. The van der Waals surface area contributed by atoms with Crippen LogP contribution in [-0.4, -0.2) is 15.0 Å². The number of hydrogen-bond acceptors (Lipinski definition) is 5. The molecule has 0 aliphatic rings. The Morgan fingerprint density at radius 3 is 1.63 bits per heavy atom. The van der Waals surface area contributed by atoms with Gasteiger partial charge < -0.3 is 8.83 Å². The molecule has 0 amide bonds. The lowest BCUT2D eigenvalue weighted by molar-refractivity contribution is 0.668. The van der Waals surface area contributed by atoms with Crippen molar-refractivity contribution in [2.75, 3.05) is 0 Å². The molecule has 0 radical (unpaired) electrons. The van der Waals surface area contributed by atoms with Crippen molar-refractivity contribution in [2.45, 2.75) is 0 Å². The van der Waals surface area contributed by atoms with Crippen LogP contribution in [0.25, 0.3) is 122 Å². The molecule has 0 saturated heterocycles. The highest BCUT2D eigenvalue weighted by molar-refractivity contribution is 6.19. The van der Waals surface area contributed by atoms with Gasteiger partial charge in [-0.25, -0.2) is 15.0 Å². The molecule has 0 unspecified atom stereocenters. The molecule has 3 aromatic heterocycles. The van der Waals surface area contributed by atoms with Crippen molar-refractivity contribution in [3.63, 3.8) is 0 Å². The first-order valence-electron chi connectivity index (χ1n) is 20.1. The maximum atomic E-state index is 6.48. The zero-order valence-corrected chi connectivity index (χ0v) is 32.2. The van der Waals surface area contributed by atoms with Crippen LogP contribution in [0, 0.1) is 0 Å². The first kappa shape index (κ1) is 33.9. The quantitative estimate of drug-likeness (QED) is 0.169. The summed E-state index contributed by atoms with van der Waals surface area (Å²) in [6.45, 7) is 0. The van der Waals surface area contributed by atoms with Gasteiger partial charge in [0.1, 0.15) is 22.3 Å². The number of hydrogen-bond donors (Lipinski definition) is 0. The number of aromatic nitrogens is 3. The second-order valence-corrected chi connectivity index (χ2v) is 15.1. The smallest absolute Gasteiger partial charge is 0.164 e. The lowest BCUT2D eigenvalue weighted by Gasteiger charge is -2.19. The van der Waals surface area contributed by atoms with Gasteiger partial charge in [-0.2, -0.15) is 0 Å². The molecule has 3 heterocycles. The maximum Gasteiger partial charge on any atom is 0.164 e. The Labute approximate surface area is 344 Å². The number of benzene rings is 9. The van der Waals surface area contributed by atoms with E-state index in [0.717, 1.165) is 93.9 Å². The van der Waals surface area contributed by atoms with Crippen LogP contribution in [0.4, 0.5) is 0 Å². The van der Waals surface area contributed by atoms with Gasteiger partial charge in [0, 0.05) is 43.8 Å². The Morgan fingerprint density at radius 2 is 0.850 bits per heavy atom. The molecule has 60 heavy (non-hydrogen) atoms. The Hall–Kier alpha value is -8.15. The van der Waals surface area contributed by atoms with Crippen LogP contribution < -0.4 is 0 Å². The van der Waals surface area contributed by atoms with Gasteiger partial charge >= 0.3 is 0 Å². The second kappa shape index (κ2) is 13.8. The van der Waals surface area contributed by atoms with Crippen molar-refractivity contribution >= 4 is 54.6 Å². The summed E-state index contributed by atoms with van der Waals surface area (Å²) in [4.78, 5) is 16.0. The molecule has 280 valence electrons. The van der Waals surface area contributed by atoms with Gasteiger partial charge in [-0.3, -0.25) is 0 Å². The molecule has 0 aliphatic heterocycles. The van der Waals surface area contributed by atoms with E-state index < -0.39 is 0 Å². The van der Waals surface area contributed by atoms with Crippen molar-refractivity contribution in [1.82, 2.24) is 15.0 Å². The fraction of sp³-hybridized carbons (Fsp3) is 0. The van der Waals surface area contributed by atoms with Gasteiger partial charge in [0.25, 0.3) is 0 Å². The van der Waals surface area contributed by atoms with E-state index in [0.29, 0.717) is 17.5 Å². The molecule has 0 atom stereocenters. The van der Waals surface area contributed by atoms with Gasteiger partial charge in [-0.1, -0.05) is 158 Å². The van der Waals surface area contributed by atoms with Crippen LogP contribution in [0.3, 0.4) is 0 Å². The number of rotatable bonds is 6. The van der Waals surface area contributed by atoms with Crippen LogP contribution in [0.2, 0.25) is 0 Å². The zero-order chi connectivity index (χ0) is 39.6. The predicted molar refractivity (Wildman–Crippen MR) is 245 cm³/mol. The van der Waals surface area contributed by atoms with Crippen molar-refractivity contribution in [3.8, 4) is 67.5 Å². The normalized spacial score (nSPS) is 11.7. The minimum atomic E-state index is 0.569. The average Bonchev–Trinajstić information content (AvgIpc) is 3.90. The molecule has 0 fully saturated rings. The Kier molecular flexibility index (Phi) is 7.78. The summed E-state index contributed by atoms with van der Waals surface area (Å²) >= 11 is 0. The van der Waals surface area contributed by atoms with Crippen LogP contribution in [0.15, 0.2) is 209 Å². The maximum absolute atomic E-state index is 6.48. The molecule has 0 spiro atoms. The third-order valence-electron chi connectivity index (χ3n) is 11.5. The summed E-state index contributed by atoms with van der Waals surface area (Å²) < 4.78 is 12.8. The van der Waals surface area contributed by atoms with Gasteiger partial charge in [0.05, 0.1) is 0 Å². The first-order valence-corrected chi connectivity index (χ1v) is 20.1. The van der Waals surface area contributed by atoms with Gasteiger partial charge in [0.15, 0.2) is 17.5 Å². The van der Waals surface area contributed by atoms with Crippen molar-refractivity contribution in [1.29, 1.82) is 0 Å². The number of nitrogens with zero attached hydrogens (tertiary/aromatic N) is 3. The molecular formula is C55H33N3O2. The fourth-order valence-corrected chi connectivity index (χ4v) is 8.77. The zero-order valence-electron chi connectivity index (χ0n) is 32.2. The largest absolute Gasteiger partial charge is 0.456 e. The summed E-state index contributed by atoms with van der Waals surface area (Å²) in [5, 5.41) is 6.51. The predicted octanol–water partition coefficient (Wildman–Crippen LogP) is 14.8. The van der Waals surface area contributed by atoms with Crippen LogP contribution >= 0.6 is 0 Å². The standard InChI is InChI=1S/C55H33N3O2/c1-4-15-34(16-5-1)39-32-43(38-28-29-47-44(31-38)51-40-22-11-10-17-35(40)27-30-49(51)60-47)50(36-18-6-2-7-19-36)45(33-39)55-57-53(37-20-8-3-9-21-37)56-54(58-55)42-24-14-26-48-52(42)41-23-12-13-25-46(41)59-48/h1-33H. The van der Waals surface area contributed by atoms with E-state index in [-0.39, 0.29) is 0 Å². The van der Waals surface area contributed by atoms with E-state index in [2.05, 4.69) is 152 Å². The lowest BCUT2D eigenvalue weighted by atomic mass is 9.86. The minimum Gasteiger partial charge on any atom is -0.456 e. The number of furan rings is 2. The van der Waals surface area contributed by atoms with E-state index >= 15 is 0 Å². The van der Waals surface area contributed by atoms with Crippen molar-refractivity contribution in [2.24, 2.45) is 0 Å². The molecule has 5 heteroatoms. The van der Waals surface area contributed by atoms with E-state index in [4.69, 9.17) is 23.8 Å². The van der Waals surface area contributed by atoms with E-state index in [1.54, 1.807) is 0 Å². The molecular weight excluding hydrogens is 735 g/mol. The van der Waals surface area contributed by atoms with Crippen LogP contribution in [0.1, 0.15) is 0 Å². The molecule has 12 aromatic rings. The van der Waals surface area contributed by atoms with E-state index in [1.165, 1.54) is 10.8 Å². The Bertz CT molecular complexity index is 3590. The highest BCUT2D eigenvalue weighted by Crippen LogP contribution is 2.45. The van der Waals surface area contributed by atoms with Gasteiger partial charge in [0.2, 0.25) is 0 Å². The highest BCUT2D eigenvalue weighted by atomic mass is 16.3. The van der Waals surface area contributed by atoms with E-state index in [9.17, 15) is 0 Å². The van der Waals surface area contributed by atoms with Gasteiger partial charge in [-0.05, 0) is 81.1 Å². The Morgan fingerprint density at radius 1 is 0.283 bits per heavy atom. The summed E-state index contributed by atoms with van der Waals surface area (Å²) in [6, 6.07) is 69.3. The molecule has 0 N–H and O–H groups in total. The molecule has 0 aliphatic carbocycles. The summed E-state index contributed by atoms with van der Waals surface area (Å²) in [6.07, 6.45) is 0. The van der Waals surface area contributed by atoms with Gasteiger partial charge in [-0.15, -0.1) is 0 Å². The number of fused-ring (bicyclic) bond motifs is 8. The molecule has 12 rings (SSSR count). The first-order chi connectivity index (χ1) is 29.7. The molecule has 0 bridgehead atoms. The fourth-order valence-electron chi connectivity index (χ4n) is 8.77. The Balaban J connectivity index is 1.18. The third-order valence-corrected chi connectivity index (χ3v) is 11.5. The average molecular weight is 768 g/mol. The molecule has 5 nitrogen and oxygen atoms in total. The minimum absolute atomic E-state index is 0.569. The lowest BCUT2D eigenvalue weighted by Crippen LogP contribution is -2.02. The summed E-state index contributed by atoms with van der Waals surface area (Å²) in [5.74, 6) is 1.73. The van der Waals surface area contributed by atoms with Crippen LogP contribution in [-0.2, 0) is 0 Å². The van der Waals surface area contributed by atoms with Crippen molar-refractivity contribution < 1.29 is 8.83 Å². The van der Waals surface area contributed by atoms with Crippen LogP contribution in [0.5, 0.6) is 0 Å². The second-order valence-electron chi connectivity index (χ2n) is 15.1. The van der Waals surface area contributed by atoms with E-state index in [1.807, 2.05) is 48.5 Å². The molecule has 0 saturated carbocycles. The monoisotopic (exact) mass is 767 g/mol. The topological polar surface area (TPSA) is 65.0 Å². The molecule has 9 aromatic carbocycles. The third kappa shape index (κ3) is 5.59. The summed E-state index contributed by atoms with van der Waals surface area (Å²) in [5.41, 5.74) is 12.3. The summed E-state index contributed by atoms with van der Waals surface area (Å²) in [7, 11) is 0. The van der Waals surface area contributed by atoms with Crippen molar-refractivity contribution in [3.05, 3.63) is 200 Å².